The zero-order chi connectivity index (χ0) is 19.8. The summed E-state index contributed by atoms with van der Waals surface area (Å²) in [5.41, 5.74) is 7.36. The predicted octanol–water partition coefficient (Wildman–Crippen LogP) is 1.35. The summed E-state index contributed by atoms with van der Waals surface area (Å²) in [5, 5.41) is 6.97. The van der Waals surface area contributed by atoms with Gasteiger partial charge in [-0.2, -0.15) is 5.10 Å². The van der Waals surface area contributed by atoms with Gasteiger partial charge < -0.3 is 5.73 Å². The van der Waals surface area contributed by atoms with Crippen LogP contribution in [0.2, 0.25) is 5.02 Å². The topological polar surface area (TPSA) is 123 Å². The van der Waals surface area contributed by atoms with Crippen molar-refractivity contribution >= 4 is 39.7 Å². The van der Waals surface area contributed by atoms with Crippen molar-refractivity contribution in [2.24, 2.45) is 10.7 Å². The van der Waals surface area contributed by atoms with Gasteiger partial charge in [0.25, 0.3) is 0 Å². The molecule has 0 aliphatic heterocycles. The van der Waals surface area contributed by atoms with Crippen molar-refractivity contribution in [2.45, 2.75) is 23.7 Å². The van der Waals surface area contributed by atoms with Crippen LogP contribution in [0.3, 0.4) is 0 Å². The van der Waals surface area contributed by atoms with Crippen LogP contribution in [-0.2, 0) is 14.8 Å². The highest BCUT2D eigenvalue weighted by atomic mass is 35.5. The molecule has 1 heterocycles. The molecule has 2 aromatic rings. The zero-order valence-electron chi connectivity index (χ0n) is 14.8. The first kappa shape index (κ1) is 19.3. The molecule has 3 N–H and O–H groups in total. The lowest BCUT2D eigenvalue weighted by Crippen LogP contribution is -2.29. The van der Waals surface area contributed by atoms with E-state index in [-0.39, 0.29) is 16.8 Å². The van der Waals surface area contributed by atoms with Crippen LogP contribution in [-0.4, -0.2) is 49.0 Å². The third kappa shape index (κ3) is 3.82. The molecule has 0 saturated heterocycles. The number of benzene rings is 1. The normalized spacial score (nSPS) is 15.2. The Kier molecular flexibility index (Phi) is 5.22. The Morgan fingerprint density at radius 1 is 1.44 bits per heavy atom. The van der Waals surface area contributed by atoms with E-state index >= 15 is 0 Å². The van der Waals surface area contributed by atoms with E-state index in [2.05, 4.69) is 15.4 Å². The molecule has 3 rings (SSSR count). The van der Waals surface area contributed by atoms with Crippen molar-refractivity contribution in [1.82, 2.24) is 19.4 Å². The fourth-order valence-corrected chi connectivity index (χ4v) is 3.73. The second-order valence-corrected chi connectivity index (χ2v) is 8.82. The fraction of sp³-hybridized carbons (Fsp3) is 0.312. The van der Waals surface area contributed by atoms with E-state index in [1.54, 1.807) is 4.68 Å². The number of amides is 1. The van der Waals surface area contributed by atoms with Crippen molar-refractivity contribution in [3.8, 4) is 5.69 Å². The number of nitrogens with zero attached hydrogens (tertiary/aromatic N) is 4. The lowest BCUT2D eigenvalue weighted by atomic mass is 10.2. The summed E-state index contributed by atoms with van der Waals surface area (Å²) in [7, 11) is -0.702. The van der Waals surface area contributed by atoms with Crippen LogP contribution in [0.15, 0.2) is 34.3 Å². The third-order valence-electron chi connectivity index (χ3n) is 4.12. The number of guanidine groups is 1. The van der Waals surface area contributed by atoms with Crippen LogP contribution < -0.4 is 11.1 Å². The van der Waals surface area contributed by atoms with Gasteiger partial charge in [-0.05, 0) is 31.0 Å². The number of halogens is 1. The molecular weight excluding hydrogens is 392 g/mol. The van der Waals surface area contributed by atoms with Crippen molar-refractivity contribution in [2.75, 3.05) is 14.1 Å². The maximum atomic E-state index is 12.5. The van der Waals surface area contributed by atoms with Gasteiger partial charge >= 0.3 is 0 Å². The Morgan fingerprint density at radius 2 is 2.15 bits per heavy atom. The van der Waals surface area contributed by atoms with Crippen LogP contribution in [0.4, 0.5) is 5.69 Å². The van der Waals surface area contributed by atoms with E-state index in [1.807, 2.05) is 0 Å². The number of carbonyl (C=O) groups is 1. The maximum Gasteiger partial charge on any atom is 0.242 e. The molecule has 1 aliphatic rings. The molecule has 144 valence electrons. The van der Waals surface area contributed by atoms with Gasteiger partial charge in [-0.1, -0.05) is 11.6 Å². The Morgan fingerprint density at radius 3 is 2.74 bits per heavy atom. The van der Waals surface area contributed by atoms with Gasteiger partial charge in [0.05, 0.1) is 27.5 Å². The number of carbonyl (C=O) groups excluding carboxylic acids is 1. The lowest BCUT2D eigenvalue weighted by Gasteiger charge is -2.14. The number of sulfonamides is 1. The van der Waals surface area contributed by atoms with Crippen LogP contribution >= 0.6 is 11.6 Å². The van der Waals surface area contributed by atoms with Gasteiger partial charge in [0.2, 0.25) is 16.4 Å². The summed E-state index contributed by atoms with van der Waals surface area (Å²) < 4.78 is 27.6. The van der Waals surface area contributed by atoms with E-state index < -0.39 is 10.0 Å². The Hall–Kier alpha value is -2.43. The molecule has 1 saturated carbocycles. The second-order valence-electron chi connectivity index (χ2n) is 6.26. The number of rotatable bonds is 6. The molecule has 1 aromatic heterocycles. The predicted molar refractivity (Wildman–Crippen MR) is 102 cm³/mol. The summed E-state index contributed by atoms with van der Waals surface area (Å²) in [6, 6.07) is 4.46. The smallest absolute Gasteiger partial charge is 0.242 e. The number of nitrogens with one attached hydrogen (secondary N) is 1. The molecule has 0 spiro atoms. The first-order valence-corrected chi connectivity index (χ1v) is 9.92. The summed E-state index contributed by atoms with van der Waals surface area (Å²) in [4.78, 5) is 14.8. The van der Waals surface area contributed by atoms with E-state index in [0.717, 1.165) is 22.8 Å². The molecule has 27 heavy (non-hydrogen) atoms. The van der Waals surface area contributed by atoms with Crippen molar-refractivity contribution in [3.05, 3.63) is 35.1 Å². The number of hydrogen-bond acceptors (Lipinski definition) is 5. The molecule has 0 atom stereocenters. The van der Waals surface area contributed by atoms with Gasteiger partial charge in [0.1, 0.15) is 5.69 Å². The second kappa shape index (κ2) is 7.29. The number of aromatic nitrogens is 2. The van der Waals surface area contributed by atoms with Gasteiger partial charge in [0.15, 0.2) is 5.96 Å². The third-order valence-corrected chi connectivity index (χ3v) is 6.25. The van der Waals surface area contributed by atoms with E-state index in [9.17, 15) is 13.2 Å². The first-order valence-electron chi connectivity index (χ1n) is 8.10. The Bertz CT molecular complexity index is 1010. The highest BCUT2D eigenvalue weighted by Crippen LogP contribution is 2.45. The first-order chi connectivity index (χ1) is 12.8. The fourth-order valence-electron chi connectivity index (χ4n) is 2.61. The van der Waals surface area contributed by atoms with E-state index in [4.69, 9.17) is 17.3 Å². The average Bonchev–Trinajstić information content (AvgIpc) is 3.36. The Balaban J connectivity index is 2.13. The zero-order valence-corrected chi connectivity index (χ0v) is 16.3. The lowest BCUT2D eigenvalue weighted by molar-refractivity contribution is -0.108. The van der Waals surface area contributed by atoms with Gasteiger partial charge in [-0.15, -0.1) is 0 Å². The van der Waals surface area contributed by atoms with Crippen LogP contribution in [0.5, 0.6) is 0 Å². The molecule has 0 unspecified atom stereocenters. The molecule has 1 fully saturated rings. The highest BCUT2D eigenvalue weighted by molar-refractivity contribution is 7.89. The van der Waals surface area contributed by atoms with Gasteiger partial charge in [0, 0.05) is 20.0 Å². The van der Waals surface area contributed by atoms with Crippen LogP contribution in [0.1, 0.15) is 24.5 Å². The summed E-state index contributed by atoms with van der Waals surface area (Å²) in [6.07, 6.45) is 3.84. The standard InChI is InChI=1S/C16H19ClN6O3S/c1-22(2)27(25,26)11-5-6-12(17)14(7-11)23-15(10-3-4-10)13(8-20-23)21-16(18)19-9-24/h5-10H,3-4H2,1-2H3,(H3,18,19,21,24). The van der Waals surface area contributed by atoms with Gasteiger partial charge in [-0.3, -0.25) is 10.1 Å². The highest BCUT2D eigenvalue weighted by Gasteiger charge is 2.32. The minimum atomic E-state index is -3.62. The number of aliphatic imine (C=N–C) groups is 1. The summed E-state index contributed by atoms with van der Waals surface area (Å²) >= 11 is 6.33. The van der Waals surface area contributed by atoms with Gasteiger partial charge in [-0.25, -0.2) is 22.4 Å². The monoisotopic (exact) mass is 410 g/mol. The molecule has 0 bridgehead atoms. The van der Waals surface area contributed by atoms with Crippen LogP contribution in [0.25, 0.3) is 5.69 Å². The summed E-state index contributed by atoms with van der Waals surface area (Å²) in [6.45, 7) is 0. The number of hydrogen-bond donors (Lipinski definition) is 2. The molecule has 1 aliphatic carbocycles. The van der Waals surface area contributed by atoms with Crippen LogP contribution in [0, 0.1) is 0 Å². The summed E-state index contributed by atoms with van der Waals surface area (Å²) in [5.74, 6) is 0.155. The quantitative estimate of drug-likeness (QED) is 0.422. The molecule has 0 radical (unpaired) electrons. The minimum Gasteiger partial charge on any atom is -0.369 e. The molecule has 1 aromatic carbocycles. The van der Waals surface area contributed by atoms with E-state index in [1.165, 1.54) is 38.5 Å². The van der Waals surface area contributed by atoms with Crippen molar-refractivity contribution in [3.63, 3.8) is 0 Å². The molecule has 1 amide bonds. The Labute approximate surface area is 161 Å². The maximum absolute atomic E-state index is 12.5. The van der Waals surface area contributed by atoms with Crippen molar-refractivity contribution in [1.29, 1.82) is 0 Å². The van der Waals surface area contributed by atoms with Crippen molar-refractivity contribution < 1.29 is 13.2 Å². The SMILES string of the molecule is CN(C)S(=O)(=O)c1ccc(Cl)c(-n2ncc(N=C(N)NC=O)c2C2CC2)c1. The molecular formula is C16H19ClN6O3S. The van der Waals surface area contributed by atoms with E-state index in [0.29, 0.717) is 22.8 Å². The number of nitrogens with two attached hydrogens (primary N) is 1. The minimum absolute atomic E-state index is 0.0542. The molecule has 9 nitrogen and oxygen atoms in total. The molecule has 11 heteroatoms. The average molecular weight is 411 g/mol. The largest absolute Gasteiger partial charge is 0.369 e.